The summed E-state index contributed by atoms with van der Waals surface area (Å²) in [6.45, 7) is 0. The second kappa shape index (κ2) is 5.52. The summed E-state index contributed by atoms with van der Waals surface area (Å²) in [5.41, 5.74) is 1.96. The zero-order chi connectivity index (χ0) is 14.1. The predicted molar refractivity (Wildman–Crippen MR) is 90.4 cm³/mol. The van der Waals surface area contributed by atoms with Gasteiger partial charge in [0.15, 0.2) is 4.77 Å². The monoisotopic (exact) mass is 316 g/mol. The molecule has 0 saturated heterocycles. The Balaban J connectivity index is 2.29. The molecule has 1 heterocycles. The SMILES string of the molecule is S=c1n(-c2ccccc2)c(S)c(S)n1-c1ccccc1. The molecule has 0 aliphatic heterocycles. The number of nitrogens with zero attached hydrogens (tertiary/aromatic N) is 2. The Bertz CT molecular complexity index is 723. The first-order valence-electron chi connectivity index (χ1n) is 6.06. The van der Waals surface area contributed by atoms with E-state index in [1.165, 1.54) is 0 Å². The van der Waals surface area contributed by atoms with Gasteiger partial charge in [-0.25, -0.2) is 0 Å². The molecule has 3 rings (SSSR count). The van der Waals surface area contributed by atoms with Crippen molar-refractivity contribution in [2.75, 3.05) is 0 Å². The Labute approximate surface area is 133 Å². The Morgan fingerprint density at radius 1 is 0.650 bits per heavy atom. The minimum Gasteiger partial charge on any atom is -0.279 e. The normalized spacial score (nSPS) is 10.7. The molecule has 0 unspecified atom stereocenters. The molecule has 2 nitrogen and oxygen atoms in total. The van der Waals surface area contributed by atoms with Crippen molar-refractivity contribution in [2.45, 2.75) is 10.1 Å². The molecule has 0 radical (unpaired) electrons. The van der Waals surface area contributed by atoms with E-state index >= 15 is 0 Å². The summed E-state index contributed by atoms with van der Waals surface area (Å²) in [7, 11) is 0. The first kappa shape index (κ1) is 13.5. The molecule has 0 spiro atoms. The summed E-state index contributed by atoms with van der Waals surface area (Å²) >= 11 is 14.7. The van der Waals surface area contributed by atoms with Crippen LogP contribution in [0.3, 0.4) is 0 Å². The van der Waals surface area contributed by atoms with Gasteiger partial charge in [0.25, 0.3) is 0 Å². The summed E-state index contributed by atoms with van der Waals surface area (Å²) in [4.78, 5) is 0. The van der Waals surface area contributed by atoms with E-state index in [0.717, 1.165) is 21.4 Å². The Kier molecular flexibility index (Phi) is 3.74. The smallest absolute Gasteiger partial charge is 0.190 e. The third-order valence-electron chi connectivity index (χ3n) is 3.03. The van der Waals surface area contributed by atoms with Crippen LogP contribution in [0, 0.1) is 4.77 Å². The lowest BCUT2D eigenvalue weighted by Gasteiger charge is -2.05. The number of hydrogen-bond donors (Lipinski definition) is 2. The average molecular weight is 316 g/mol. The highest BCUT2D eigenvalue weighted by molar-refractivity contribution is 7.83. The van der Waals surface area contributed by atoms with E-state index in [1.807, 2.05) is 69.8 Å². The highest BCUT2D eigenvalue weighted by Crippen LogP contribution is 2.28. The predicted octanol–water partition coefficient (Wildman–Crippen LogP) is 4.57. The molecule has 5 heteroatoms. The van der Waals surface area contributed by atoms with Crippen LogP contribution in [0.25, 0.3) is 11.4 Å². The molecular weight excluding hydrogens is 304 g/mol. The van der Waals surface area contributed by atoms with Crippen molar-refractivity contribution in [1.29, 1.82) is 0 Å². The van der Waals surface area contributed by atoms with Crippen molar-refractivity contribution in [3.63, 3.8) is 0 Å². The van der Waals surface area contributed by atoms with Gasteiger partial charge >= 0.3 is 0 Å². The summed E-state index contributed by atoms with van der Waals surface area (Å²) in [5, 5.41) is 1.46. The van der Waals surface area contributed by atoms with E-state index < -0.39 is 0 Å². The number of benzene rings is 2. The summed E-state index contributed by atoms with van der Waals surface area (Å²) in [6.07, 6.45) is 0. The molecule has 3 aromatic rings. The molecule has 0 atom stereocenters. The van der Waals surface area contributed by atoms with Crippen LogP contribution in [0.15, 0.2) is 70.7 Å². The molecule has 0 fully saturated rings. The van der Waals surface area contributed by atoms with E-state index in [9.17, 15) is 0 Å². The topological polar surface area (TPSA) is 9.86 Å². The van der Waals surface area contributed by atoms with Gasteiger partial charge in [0.05, 0.1) is 0 Å². The number of thiol groups is 2. The molecule has 1 aromatic heterocycles. The number of para-hydroxylation sites is 2. The van der Waals surface area contributed by atoms with Gasteiger partial charge in [-0.05, 0) is 36.5 Å². The Morgan fingerprint density at radius 3 is 1.35 bits per heavy atom. The number of aromatic nitrogens is 2. The second-order valence-electron chi connectivity index (χ2n) is 4.27. The molecule has 20 heavy (non-hydrogen) atoms. The number of hydrogen-bond acceptors (Lipinski definition) is 3. The summed E-state index contributed by atoms with van der Waals surface area (Å²) < 4.78 is 4.47. The fourth-order valence-electron chi connectivity index (χ4n) is 2.10. The van der Waals surface area contributed by atoms with Gasteiger partial charge in [-0.15, -0.1) is 25.3 Å². The van der Waals surface area contributed by atoms with Crippen molar-refractivity contribution in [1.82, 2.24) is 9.13 Å². The minimum absolute atomic E-state index is 0.650. The lowest BCUT2D eigenvalue weighted by atomic mass is 10.3. The molecule has 0 saturated carbocycles. The summed E-state index contributed by atoms with van der Waals surface area (Å²) in [6, 6.07) is 19.8. The second-order valence-corrected chi connectivity index (χ2v) is 5.48. The molecule has 0 amide bonds. The first-order valence-corrected chi connectivity index (χ1v) is 7.37. The van der Waals surface area contributed by atoms with Gasteiger partial charge in [-0.1, -0.05) is 36.4 Å². The van der Waals surface area contributed by atoms with E-state index in [-0.39, 0.29) is 0 Å². The fourth-order valence-corrected chi connectivity index (χ4v) is 3.25. The van der Waals surface area contributed by atoms with Gasteiger partial charge in [0, 0.05) is 11.4 Å². The molecule has 0 aliphatic carbocycles. The Hall–Kier alpha value is -1.43. The van der Waals surface area contributed by atoms with Gasteiger partial charge in [0.2, 0.25) is 0 Å². The zero-order valence-electron chi connectivity index (χ0n) is 10.5. The van der Waals surface area contributed by atoms with Crippen LogP contribution >= 0.6 is 37.5 Å². The first-order chi connectivity index (χ1) is 9.70. The fraction of sp³-hybridized carbons (Fsp3) is 0. The lowest BCUT2D eigenvalue weighted by Crippen LogP contribution is -1.98. The molecular formula is C15H12N2S3. The average Bonchev–Trinajstić information content (AvgIpc) is 2.71. The maximum Gasteiger partial charge on any atom is 0.190 e. The van der Waals surface area contributed by atoms with Crippen LogP contribution in [-0.2, 0) is 0 Å². The van der Waals surface area contributed by atoms with Gasteiger partial charge < -0.3 is 0 Å². The van der Waals surface area contributed by atoms with Crippen LogP contribution in [-0.4, -0.2) is 9.13 Å². The van der Waals surface area contributed by atoms with E-state index in [1.54, 1.807) is 0 Å². The quantitative estimate of drug-likeness (QED) is 0.520. The highest BCUT2D eigenvalue weighted by Gasteiger charge is 2.14. The van der Waals surface area contributed by atoms with E-state index in [0.29, 0.717) is 4.77 Å². The number of imidazole rings is 1. The minimum atomic E-state index is 0.650. The van der Waals surface area contributed by atoms with Crippen molar-refractivity contribution in [2.24, 2.45) is 0 Å². The van der Waals surface area contributed by atoms with Crippen LogP contribution < -0.4 is 0 Å². The maximum atomic E-state index is 5.59. The molecule has 0 aliphatic rings. The van der Waals surface area contributed by atoms with Crippen LogP contribution in [0.2, 0.25) is 0 Å². The highest BCUT2D eigenvalue weighted by atomic mass is 32.1. The van der Waals surface area contributed by atoms with Crippen LogP contribution in [0.4, 0.5) is 0 Å². The molecule has 0 bridgehead atoms. The maximum absolute atomic E-state index is 5.59. The van der Waals surface area contributed by atoms with Gasteiger partial charge in [-0.2, -0.15) is 0 Å². The van der Waals surface area contributed by atoms with Crippen LogP contribution in [0.5, 0.6) is 0 Å². The van der Waals surface area contributed by atoms with E-state index in [2.05, 4.69) is 25.3 Å². The third kappa shape index (κ3) is 2.22. The van der Waals surface area contributed by atoms with Crippen molar-refractivity contribution >= 4 is 37.5 Å². The Morgan fingerprint density at radius 2 is 1.00 bits per heavy atom. The van der Waals surface area contributed by atoms with Crippen molar-refractivity contribution in [3.8, 4) is 11.4 Å². The van der Waals surface area contributed by atoms with Crippen molar-refractivity contribution < 1.29 is 0 Å². The molecule has 100 valence electrons. The zero-order valence-corrected chi connectivity index (χ0v) is 13.1. The van der Waals surface area contributed by atoms with Gasteiger partial charge in [-0.3, -0.25) is 9.13 Å². The molecule has 2 aromatic carbocycles. The largest absolute Gasteiger partial charge is 0.279 e. The lowest BCUT2D eigenvalue weighted by molar-refractivity contribution is 0.913. The van der Waals surface area contributed by atoms with E-state index in [4.69, 9.17) is 12.2 Å². The third-order valence-corrected chi connectivity index (χ3v) is 4.40. The number of rotatable bonds is 2. The van der Waals surface area contributed by atoms with Gasteiger partial charge in [0.1, 0.15) is 10.1 Å². The summed E-state index contributed by atoms with van der Waals surface area (Å²) in [5.74, 6) is 0. The van der Waals surface area contributed by atoms with Crippen molar-refractivity contribution in [3.05, 3.63) is 65.4 Å². The molecule has 0 N–H and O–H groups in total. The standard InChI is InChI=1S/C15H12N2S3/c18-13-14(19)17(12-9-5-2-6-10-12)15(20)16(13)11-7-3-1-4-8-11/h1-10,18-19H. The van der Waals surface area contributed by atoms with Crippen LogP contribution in [0.1, 0.15) is 0 Å².